The van der Waals surface area contributed by atoms with Crippen LogP contribution in [0.2, 0.25) is 0 Å². The second-order valence-corrected chi connectivity index (χ2v) is 9.09. The zero-order valence-corrected chi connectivity index (χ0v) is 18.8. The van der Waals surface area contributed by atoms with E-state index in [1.807, 2.05) is 0 Å². The van der Waals surface area contributed by atoms with Gasteiger partial charge in [0.15, 0.2) is 0 Å². The minimum absolute atomic E-state index is 0.228. The number of rotatable bonds is 5. The van der Waals surface area contributed by atoms with Gasteiger partial charge >= 0.3 is 0 Å². The molecule has 0 heterocycles. The van der Waals surface area contributed by atoms with Gasteiger partial charge in [0.25, 0.3) is 0 Å². The zero-order chi connectivity index (χ0) is 21.9. The normalized spacial score (nSPS) is 11.9. The molecular weight excluding hydrogens is 376 g/mol. The van der Waals surface area contributed by atoms with E-state index in [-0.39, 0.29) is 5.60 Å². The lowest BCUT2D eigenvalue weighted by atomic mass is 9.65. The summed E-state index contributed by atoms with van der Waals surface area (Å²) in [4.78, 5) is 0. The summed E-state index contributed by atoms with van der Waals surface area (Å²) in [7, 11) is 0. The van der Waals surface area contributed by atoms with E-state index < -0.39 is 5.41 Å². The lowest BCUT2D eigenvalue weighted by molar-refractivity contribution is 0.131. The lowest BCUT2D eigenvalue weighted by Crippen LogP contribution is -2.31. The van der Waals surface area contributed by atoms with E-state index in [9.17, 15) is 0 Å². The Hall–Kier alpha value is -3.32. The van der Waals surface area contributed by atoms with E-state index in [0.29, 0.717) is 0 Å². The van der Waals surface area contributed by atoms with Gasteiger partial charge in [-0.05, 0) is 62.1 Å². The molecule has 1 nitrogen and oxygen atoms in total. The topological polar surface area (TPSA) is 9.23 Å². The highest BCUT2D eigenvalue weighted by atomic mass is 16.5. The molecule has 1 heteroatoms. The number of aryl methyl sites for hydroxylation is 1. The third-order valence-electron chi connectivity index (χ3n) is 5.61. The van der Waals surface area contributed by atoms with Gasteiger partial charge in [0.05, 0.1) is 5.41 Å². The van der Waals surface area contributed by atoms with Crippen molar-refractivity contribution < 1.29 is 4.74 Å². The molecule has 4 aromatic carbocycles. The number of benzene rings is 4. The Morgan fingerprint density at radius 2 is 0.871 bits per heavy atom. The molecule has 0 amide bonds. The van der Waals surface area contributed by atoms with E-state index in [4.69, 9.17) is 4.74 Å². The van der Waals surface area contributed by atoms with Crippen molar-refractivity contribution in [2.24, 2.45) is 0 Å². The van der Waals surface area contributed by atoms with Gasteiger partial charge in [0.2, 0.25) is 0 Å². The molecule has 0 unspecified atom stereocenters. The Kier molecular flexibility index (Phi) is 5.69. The molecule has 156 valence electrons. The van der Waals surface area contributed by atoms with Gasteiger partial charge in [0, 0.05) is 0 Å². The van der Waals surface area contributed by atoms with Crippen LogP contribution in [0.4, 0.5) is 0 Å². The summed E-state index contributed by atoms with van der Waals surface area (Å²) in [6.07, 6.45) is 0. The molecule has 0 saturated carbocycles. The quantitative estimate of drug-likeness (QED) is 0.311. The number of hydrogen-bond donors (Lipinski definition) is 0. The average molecular weight is 407 g/mol. The third-order valence-corrected chi connectivity index (χ3v) is 5.61. The Bertz CT molecular complexity index is 1060. The third kappa shape index (κ3) is 4.27. The van der Waals surface area contributed by atoms with Crippen LogP contribution in [0.15, 0.2) is 109 Å². The van der Waals surface area contributed by atoms with Crippen LogP contribution in [-0.2, 0) is 5.41 Å². The molecule has 4 rings (SSSR count). The molecule has 0 aliphatic heterocycles. The first-order valence-corrected chi connectivity index (χ1v) is 10.9. The Morgan fingerprint density at radius 1 is 0.484 bits per heavy atom. The summed E-state index contributed by atoms with van der Waals surface area (Å²) >= 11 is 0. The van der Waals surface area contributed by atoms with E-state index in [1.165, 1.54) is 27.8 Å². The van der Waals surface area contributed by atoms with Crippen molar-refractivity contribution >= 4 is 0 Å². The van der Waals surface area contributed by atoms with Crippen molar-refractivity contribution in [3.63, 3.8) is 0 Å². The smallest absolute Gasteiger partial charge is 0.120 e. The van der Waals surface area contributed by atoms with Gasteiger partial charge in [0.1, 0.15) is 11.4 Å². The fraction of sp³-hybridized carbons (Fsp3) is 0.200. The summed E-state index contributed by atoms with van der Waals surface area (Å²) in [5.41, 5.74) is 5.57. The van der Waals surface area contributed by atoms with Gasteiger partial charge < -0.3 is 4.74 Å². The Labute approximate surface area is 186 Å². The van der Waals surface area contributed by atoms with Crippen LogP contribution in [0.25, 0.3) is 0 Å². The van der Waals surface area contributed by atoms with Crippen molar-refractivity contribution in [2.75, 3.05) is 0 Å². The second-order valence-electron chi connectivity index (χ2n) is 9.09. The highest BCUT2D eigenvalue weighted by Gasteiger charge is 2.38. The molecular formula is C30H30O. The maximum atomic E-state index is 6.10. The standard InChI is InChI=1S/C30H30O/c1-23-15-17-26(18-16-23)30(24-11-7-5-8-12-24,25-13-9-6-10-14-25)27-19-21-28(22-20-27)31-29(2,3)4/h5-22H,1-4H3. The summed E-state index contributed by atoms with van der Waals surface area (Å²) in [6.45, 7) is 8.36. The summed E-state index contributed by atoms with van der Waals surface area (Å²) in [6, 6.07) is 39.1. The molecule has 0 fully saturated rings. The first-order valence-electron chi connectivity index (χ1n) is 10.9. The van der Waals surface area contributed by atoms with Crippen LogP contribution in [0.5, 0.6) is 5.75 Å². The molecule has 0 aliphatic rings. The van der Waals surface area contributed by atoms with Crippen molar-refractivity contribution in [3.8, 4) is 5.75 Å². The zero-order valence-electron chi connectivity index (χ0n) is 18.8. The lowest BCUT2D eigenvalue weighted by Gasteiger charge is -2.37. The fourth-order valence-corrected chi connectivity index (χ4v) is 4.31. The van der Waals surface area contributed by atoms with Crippen molar-refractivity contribution in [2.45, 2.75) is 38.7 Å². The number of hydrogen-bond acceptors (Lipinski definition) is 1. The van der Waals surface area contributed by atoms with Crippen molar-refractivity contribution in [1.82, 2.24) is 0 Å². The Morgan fingerprint density at radius 3 is 1.29 bits per heavy atom. The molecule has 0 aliphatic carbocycles. The molecule has 0 aromatic heterocycles. The van der Waals surface area contributed by atoms with E-state index in [2.05, 4.69) is 137 Å². The molecule has 4 aromatic rings. The maximum absolute atomic E-state index is 6.10. The van der Waals surface area contributed by atoms with Crippen LogP contribution in [0.3, 0.4) is 0 Å². The van der Waals surface area contributed by atoms with Crippen LogP contribution < -0.4 is 4.74 Å². The predicted octanol–water partition coefficient (Wildman–Crippen LogP) is 7.56. The molecule has 0 bridgehead atoms. The monoisotopic (exact) mass is 406 g/mol. The van der Waals surface area contributed by atoms with Crippen LogP contribution in [-0.4, -0.2) is 5.60 Å². The summed E-state index contributed by atoms with van der Waals surface area (Å²) < 4.78 is 6.10. The summed E-state index contributed by atoms with van der Waals surface area (Å²) in [5, 5.41) is 0. The van der Waals surface area contributed by atoms with Crippen LogP contribution in [0, 0.1) is 6.92 Å². The van der Waals surface area contributed by atoms with Gasteiger partial charge in [-0.2, -0.15) is 0 Å². The van der Waals surface area contributed by atoms with Crippen molar-refractivity contribution in [3.05, 3.63) is 137 Å². The Balaban J connectivity index is 1.99. The highest BCUT2D eigenvalue weighted by Crippen LogP contribution is 2.45. The van der Waals surface area contributed by atoms with E-state index >= 15 is 0 Å². The highest BCUT2D eigenvalue weighted by molar-refractivity contribution is 5.60. The molecule has 0 radical (unpaired) electrons. The van der Waals surface area contributed by atoms with Gasteiger partial charge in [-0.3, -0.25) is 0 Å². The van der Waals surface area contributed by atoms with Crippen LogP contribution in [0.1, 0.15) is 48.6 Å². The van der Waals surface area contributed by atoms with E-state index in [1.54, 1.807) is 0 Å². The minimum atomic E-state index is -0.420. The molecule has 0 spiro atoms. The van der Waals surface area contributed by atoms with Crippen molar-refractivity contribution in [1.29, 1.82) is 0 Å². The summed E-state index contributed by atoms with van der Waals surface area (Å²) in [5.74, 6) is 0.884. The molecule has 0 saturated heterocycles. The van der Waals surface area contributed by atoms with Gasteiger partial charge in [-0.1, -0.05) is 103 Å². The first kappa shape index (κ1) is 20.9. The van der Waals surface area contributed by atoms with Gasteiger partial charge in [-0.25, -0.2) is 0 Å². The van der Waals surface area contributed by atoms with Crippen LogP contribution >= 0.6 is 0 Å². The molecule has 0 N–H and O–H groups in total. The second kappa shape index (κ2) is 8.43. The average Bonchev–Trinajstić information content (AvgIpc) is 2.77. The fourth-order valence-electron chi connectivity index (χ4n) is 4.31. The largest absolute Gasteiger partial charge is 0.488 e. The SMILES string of the molecule is Cc1ccc(C(c2ccccc2)(c2ccccc2)c2ccc(OC(C)(C)C)cc2)cc1. The first-order chi connectivity index (χ1) is 14.9. The van der Waals surface area contributed by atoms with E-state index in [0.717, 1.165) is 5.75 Å². The number of ether oxygens (including phenoxy) is 1. The van der Waals surface area contributed by atoms with Gasteiger partial charge in [-0.15, -0.1) is 0 Å². The minimum Gasteiger partial charge on any atom is -0.488 e. The molecule has 31 heavy (non-hydrogen) atoms. The molecule has 0 atom stereocenters. The predicted molar refractivity (Wildman–Crippen MR) is 130 cm³/mol. The maximum Gasteiger partial charge on any atom is 0.120 e.